The summed E-state index contributed by atoms with van der Waals surface area (Å²) >= 11 is 0. The van der Waals surface area contributed by atoms with Crippen LogP contribution in [0.25, 0.3) is 0 Å². The Morgan fingerprint density at radius 2 is 2.00 bits per heavy atom. The molecular formula is C24H30N2O2. The van der Waals surface area contributed by atoms with E-state index in [4.69, 9.17) is 0 Å². The Balaban J connectivity index is 1.69. The molecule has 4 nitrogen and oxygen atoms in total. The van der Waals surface area contributed by atoms with Gasteiger partial charge in [-0.25, -0.2) is 0 Å². The fourth-order valence-corrected chi connectivity index (χ4v) is 4.17. The average Bonchev–Trinajstić information content (AvgIpc) is 2.71. The summed E-state index contributed by atoms with van der Waals surface area (Å²) in [4.78, 5) is 23.4. The maximum Gasteiger partial charge on any atom is 0.221 e. The molecule has 0 heterocycles. The van der Waals surface area contributed by atoms with Gasteiger partial charge in [-0.2, -0.15) is 0 Å². The van der Waals surface area contributed by atoms with Gasteiger partial charge in [0, 0.05) is 24.7 Å². The Morgan fingerprint density at radius 3 is 2.68 bits per heavy atom. The van der Waals surface area contributed by atoms with Gasteiger partial charge in [-0.15, -0.1) is 0 Å². The van der Waals surface area contributed by atoms with Crippen LogP contribution in [0.4, 0.5) is 5.69 Å². The van der Waals surface area contributed by atoms with Gasteiger partial charge in [-0.1, -0.05) is 43.3 Å². The van der Waals surface area contributed by atoms with Crippen LogP contribution in [-0.2, 0) is 22.4 Å². The molecule has 1 amide bonds. The number of rotatable bonds is 8. The van der Waals surface area contributed by atoms with Gasteiger partial charge in [-0.3, -0.25) is 4.79 Å². The van der Waals surface area contributed by atoms with Crippen molar-refractivity contribution in [2.24, 2.45) is 0 Å². The third-order valence-corrected chi connectivity index (χ3v) is 5.70. The minimum absolute atomic E-state index is 0.0972. The van der Waals surface area contributed by atoms with Crippen LogP contribution in [0.5, 0.6) is 0 Å². The summed E-state index contributed by atoms with van der Waals surface area (Å²) in [6.45, 7) is 3.70. The van der Waals surface area contributed by atoms with Crippen LogP contribution >= 0.6 is 0 Å². The molecule has 2 aromatic rings. The number of benzene rings is 2. The highest BCUT2D eigenvalue weighted by atomic mass is 16.1. The monoisotopic (exact) mass is 378 g/mol. The van der Waals surface area contributed by atoms with E-state index in [1.165, 1.54) is 18.1 Å². The van der Waals surface area contributed by atoms with Crippen molar-refractivity contribution in [2.45, 2.75) is 64.0 Å². The molecular weight excluding hydrogens is 348 g/mol. The number of hydrogen-bond acceptors (Lipinski definition) is 3. The number of hydrogen-bond donors (Lipinski definition) is 2. The number of carbonyl (C=O) groups is 2. The Labute approximate surface area is 167 Å². The van der Waals surface area contributed by atoms with Crippen molar-refractivity contribution >= 4 is 17.9 Å². The van der Waals surface area contributed by atoms with Gasteiger partial charge in [0.2, 0.25) is 5.91 Å². The summed E-state index contributed by atoms with van der Waals surface area (Å²) < 4.78 is 0. The molecule has 3 rings (SSSR count). The number of amides is 1. The normalized spacial score (nSPS) is 19.5. The highest BCUT2D eigenvalue weighted by molar-refractivity contribution is 5.89. The molecule has 0 aliphatic heterocycles. The van der Waals surface area contributed by atoms with Crippen molar-refractivity contribution in [3.8, 4) is 0 Å². The molecule has 2 N–H and O–H groups in total. The molecule has 0 radical (unpaired) electrons. The van der Waals surface area contributed by atoms with E-state index in [1.807, 2.05) is 24.3 Å². The van der Waals surface area contributed by atoms with Gasteiger partial charge in [0.1, 0.15) is 6.29 Å². The van der Waals surface area contributed by atoms with E-state index < -0.39 is 0 Å². The van der Waals surface area contributed by atoms with Crippen molar-refractivity contribution in [1.82, 2.24) is 5.32 Å². The molecule has 0 spiro atoms. The number of anilines is 1. The SMILES string of the molecule is CCC(CCc1ccccc1)NC1CCc2ccc(NC(C)=O)cc2C1C=O. The fourth-order valence-electron chi connectivity index (χ4n) is 4.17. The Kier molecular flexibility index (Phi) is 6.99. The third-order valence-electron chi connectivity index (χ3n) is 5.70. The summed E-state index contributed by atoms with van der Waals surface area (Å²) in [6, 6.07) is 17.0. The van der Waals surface area contributed by atoms with E-state index in [-0.39, 0.29) is 17.9 Å². The van der Waals surface area contributed by atoms with E-state index in [0.29, 0.717) is 6.04 Å². The predicted molar refractivity (Wildman–Crippen MR) is 114 cm³/mol. The predicted octanol–water partition coefficient (Wildman–Crippen LogP) is 4.24. The first-order chi connectivity index (χ1) is 13.6. The Hall–Kier alpha value is -2.46. The van der Waals surface area contributed by atoms with Crippen molar-refractivity contribution < 1.29 is 9.59 Å². The third kappa shape index (κ3) is 5.08. The molecule has 2 aromatic carbocycles. The van der Waals surface area contributed by atoms with Crippen molar-refractivity contribution in [3.05, 3.63) is 65.2 Å². The first-order valence-electron chi connectivity index (χ1n) is 10.3. The van der Waals surface area contributed by atoms with Crippen molar-refractivity contribution in [3.63, 3.8) is 0 Å². The maximum atomic E-state index is 12.0. The van der Waals surface area contributed by atoms with Crippen LogP contribution in [0, 0.1) is 0 Å². The van der Waals surface area contributed by atoms with E-state index in [2.05, 4.69) is 41.8 Å². The molecule has 3 atom stereocenters. The van der Waals surface area contributed by atoms with Gasteiger partial charge in [0.25, 0.3) is 0 Å². The standard InChI is InChI=1S/C24H30N2O2/c1-3-20(12-9-18-7-5-4-6-8-18)26-24-14-11-19-10-13-21(25-17(2)28)15-22(19)23(24)16-27/h4-8,10,13,15-16,20,23-24,26H,3,9,11-12,14H2,1-2H3,(H,25,28). The topological polar surface area (TPSA) is 58.2 Å². The maximum absolute atomic E-state index is 12.0. The lowest BCUT2D eigenvalue weighted by atomic mass is 9.79. The van der Waals surface area contributed by atoms with Gasteiger partial charge >= 0.3 is 0 Å². The summed E-state index contributed by atoms with van der Waals surface area (Å²) in [7, 11) is 0. The van der Waals surface area contributed by atoms with Gasteiger partial charge < -0.3 is 15.4 Å². The molecule has 0 saturated carbocycles. The van der Waals surface area contributed by atoms with Crippen LogP contribution < -0.4 is 10.6 Å². The molecule has 1 aliphatic carbocycles. The molecule has 0 saturated heterocycles. The number of aryl methyl sites for hydroxylation is 2. The second kappa shape index (κ2) is 9.65. The van der Waals surface area contributed by atoms with Crippen LogP contribution in [0.2, 0.25) is 0 Å². The Morgan fingerprint density at radius 1 is 1.21 bits per heavy atom. The highest BCUT2D eigenvalue weighted by Gasteiger charge is 2.30. The zero-order chi connectivity index (χ0) is 19.9. The first-order valence-corrected chi connectivity index (χ1v) is 10.3. The smallest absolute Gasteiger partial charge is 0.221 e. The zero-order valence-corrected chi connectivity index (χ0v) is 16.8. The summed E-state index contributed by atoms with van der Waals surface area (Å²) in [5, 5.41) is 6.59. The number of nitrogens with one attached hydrogen (secondary N) is 2. The van der Waals surface area contributed by atoms with Crippen molar-refractivity contribution in [1.29, 1.82) is 0 Å². The van der Waals surface area contributed by atoms with Crippen LogP contribution in [0.1, 0.15) is 55.7 Å². The first kappa shape index (κ1) is 20.3. The minimum Gasteiger partial charge on any atom is -0.326 e. The van der Waals surface area contributed by atoms with Gasteiger partial charge in [-0.05, 0) is 60.9 Å². The van der Waals surface area contributed by atoms with Gasteiger partial charge in [0.15, 0.2) is 0 Å². The second-order valence-corrected chi connectivity index (χ2v) is 7.70. The van der Waals surface area contributed by atoms with E-state index >= 15 is 0 Å². The summed E-state index contributed by atoms with van der Waals surface area (Å²) in [6.07, 6.45) is 6.10. The molecule has 148 valence electrons. The lowest BCUT2D eigenvalue weighted by Crippen LogP contribution is -2.44. The van der Waals surface area contributed by atoms with E-state index in [1.54, 1.807) is 0 Å². The number of carbonyl (C=O) groups excluding carboxylic acids is 2. The van der Waals surface area contributed by atoms with Crippen LogP contribution in [0.15, 0.2) is 48.5 Å². The van der Waals surface area contributed by atoms with E-state index in [0.717, 1.165) is 49.6 Å². The highest BCUT2D eigenvalue weighted by Crippen LogP contribution is 2.33. The molecule has 0 fully saturated rings. The summed E-state index contributed by atoms with van der Waals surface area (Å²) in [5.41, 5.74) is 4.36. The quantitative estimate of drug-likeness (QED) is 0.676. The Bertz CT molecular complexity index is 804. The van der Waals surface area contributed by atoms with Crippen LogP contribution in [-0.4, -0.2) is 24.3 Å². The average molecular weight is 379 g/mol. The number of aldehydes is 1. The molecule has 0 aromatic heterocycles. The molecule has 0 bridgehead atoms. The number of fused-ring (bicyclic) bond motifs is 1. The minimum atomic E-state index is -0.178. The van der Waals surface area contributed by atoms with E-state index in [9.17, 15) is 9.59 Å². The van der Waals surface area contributed by atoms with Crippen LogP contribution in [0.3, 0.4) is 0 Å². The largest absolute Gasteiger partial charge is 0.326 e. The molecule has 1 aliphatic rings. The molecule has 4 heteroatoms. The molecule has 28 heavy (non-hydrogen) atoms. The van der Waals surface area contributed by atoms with Gasteiger partial charge in [0.05, 0.1) is 5.92 Å². The van der Waals surface area contributed by atoms with Crippen molar-refractivity contribution in [2.75, 3.05) is 5.32 Å². The lowest BCUT2D eigenvalue weighted by Gasteiger charge is -2.34. The summed E-state index contributed by atoms with van der Waals surface area (Å²) in [5.74, 6) is -0.275. The lowest BCUT2D eigenvalue weighted by molar-refractivity contribution is -0.114. The second-order valence-electron chi connectivity index (χ2n) is 7.70. The zero-order valence-electron chi connectivity index (χ0n) is 16.8. The molecule has 3 unspecified atom stereocenters. The fraction of sp³-hybridized carbons (Fsp3) is 0.417.